The number of nitrogens with one attached hydrogen (secondary N) is 2. The molecule has 1 aliphatic heterocycles. The van der Waals surface area contributed by atoms with Crippen molar-refractivity contribution in [3.8, 4) is 0 Å². The molecule has 1 fully saturated rings. The highest BCUT2D eigenvalue weighted by atomic mass is 35.5. The third-order valence-corrected chi connectivity index (χ3v) is 4.38. The maximum Gasteiger partial charge on any atom is 0.269 e. The van der Waals surface area contributed by atoms with Gasteiger partial charge >= 0.3 is 0 Å². The van der Waals surface area contributed by atoms with E-state index in [4.69, 9.17) is 11.6 Å². The molecule has 7 heteroatoms. The first kappa shape index (κ1) is 17.9. The van der Waals surface area contributed by atoms with Crippen molar-refractivity contribution in [1.29, 1.82) is 0 Å². The lowest BCUT2D eigenvalue weighted by molar-refractivity contribution is -0.128. The number of likely N-dealkylation sites (tertiary alicyclic amines) is 1. The van der Waals surface area contributed by atoms with Crippen molar-refractivity contribution in [2.45, 2.75) is 19.4 Å². The van der Waals surface area contributed by atoms with Gasteiger partial charge in [-0.25, -0.2) is 0 Å². The molecule has 0 unspecified atom stereocenters. The van der Waals surface area contributed by atoms with Crippen LogP contribution < -0.4 is 10.9 Å². The van der Waals surface area contributed by atoms with Gasteiger partial charge in [0.2, 0.25) is 5.91 Å². The van der Waals surface area contributed by atoms with Gasteiger partial charge in [-0.1, -0.05) is 23.7 Å². The normalized spacial score (nSPS) is 13.6. The summed E-state index contributed by atoms with van der Waals surface area (Å²) in [6.45, 7) is 1.23. The van der Waals surface area contributed by atoms with E-state index >= 15 is 0 Å². The molecule has 1 heterocycles. The molecule has 3 rings (SSSR count). The molecule has 0 spiro atoms. The topological polar surface area (TPSA) is 78.5 Å². The van der Waals surface area contributed by atoms with Gasteiger partial charge in [0.25, 0.3) is 11.8 Å². The molecule has 0 bridgehead atoms. The zero-order valence-corrected chi connectivity index (χ0v) is 14.8. The maximum absolute atomic E-state index is 12.3. The van der Waals surface area contributed by atoms with Crippen molar-refractivity contribution in [1.82, 2.24) is 15.8 Å². The minimum absolute atomic E-state index is 0.134. The van der Waals surface area contributed by atoms with Crippen LogP contribution in [0.25, 0.3) is 0 Å². The third-order valence-electron chi connectivity index (χ3n) is 4.13. The quantitative estimate of drug-likeness (QED) is 0.811. The van der Waals surface area contributed by atoms with E-state index in [0.717, 1.165) is 18.5 Å². The second-order valence-electron chi connectivity index (χ2n) is 6.03. The molecule has 2 aromatic carbocycles. The largest absolute Gasteiger partial charge is 0.338 e. The molecule has 0 radical (unpaired) electrons. The predicted octanol–water partition coefficient (Wildman–Crippen LogP) is 2.54. The van der Waals surface area contributed by atoms with Crippen molar-refractivity contribution in [2.75, 3.05) is 6.54 Å². The molecule has 1 saturated heterocycles. The average Bonchev–Trinajstić information content (AvgIpc) is 3.05. The zero-order valence-electron chi connectivity index (χ0n) is 14.0. The first-order chi connectivity index (χ1) is 12.5. The fourth-order valence-electron chi connectivity index (χ4n) is 2.76. The van der Waals surface area contributed by atoms with Crippen molar-refractivity contribution < 1.29 is 14.4 Å². The average molecular weight is 372 g/mol. The van der Waals surface area contributed by atoms with Crippen LogP contribution in [0, 0.1) is 0 Å². The Hall–Kier alpha value is -2.86. The highest BCUT2D eigenvalue weighted by Gasteiger charge is 2.20. The SMILES string of the molecule is O=C(NNC(=O)c1cccc(CN2CCCC2=O)c1)c1ccc(Cl)cc1. The van der Waals surface area contributed by atoms with Crippen LogP contribution in [0.15, 0.2) is 48.5 Å². The highest BCUT2D eigenvalue weighted by Crippen LogP contribution is 2.15. The van der Waals surface area contributed by atoms with Crippen molar-refractivity contribution in [2.24, 2.45) is 0 Å². The lowest BCUT2D eigenvalue weighted by Crippen LogP contribution is -2.41. The molecule has 26 heavy (non-hydrogen) atoms. The summed E-state index contributed by atoms with van der Waals surface area (Å²) < 4.78 is 0. The van der Waals surface area contributed by atoms with Crippen LogP contribution in [-0.4, -0.2) is 29.2 Å². The summed E-state index contributed by atoms with van der Waals surface area (Å²) in [7, 11) is 0. The van der Waals surface area contributed by atoms with Gasteiger partial charge in [-0.05, 0) is 48.4 Å². The minimum atomic E-state index is -0.436. The second-order valence-corrected chi connectivity index (χ2v) is 6.47. The highest BCUT2D eigenvalue weighted by molar-refractivity contribution is 6.30. The molecule has 2 N–H and O–H groups in total. The number of hydrogen-bond donors (Lipinski definition) is 2. The Kier molecular flexibility index (Phi) is 5.53. The molecule has 0 saturated carbocycles. The van der Waals surface area contributed by atoms with Gasteiger partial charge in [0.15, 0.2) is 0 Å². The molecule has 0 aromatic heterocycles. The van der Waals surface area contributed by atoms with E-state index in [-0.39, 0.29) is 5.91 Å². The summed E-state index contributed by atoms with van der Waals surface area (Å²) in [5, 5.41) is 0.527. The number of carbonyl (C=O) groups excluding carboxylic acids is 3. The number of hydrogen-bond acceptors (Lipinski definition) is 3. The van der Waals surface area contributed by atoms with Crippen LogP contribution in [0.1, 0.15) is 39.1 Å². The minimum Gasteiger partial charge on any atom is -0.338 e. The van der Waals surface area contributed by atoms with Crippen LogP contribution in [0.4, 0.5) is 0 Å². The molecule has 0 aliphatic carbocycles. The molecule has 134 valence electrons. The molecular formula is C19H18ClN3O3. The van der Waals surface area contributed by atoms with Crippen molar-refractivity contribution in [3.63, 3.8) is 0 Å². The Labute approximate surface area is 156 Å². The third kappa shape index (κ3) is 4.40. The number of nitrogens with zero attached hydrogens (tertiary/aromatic N) is 1. The monoisotopic (exact) mass is 371 g/mol. The number of rotatable bonds is 4. The van der Waals surface area contributed by atoms with E-state index in [0.29, 0.717) is 29.1 Å². The van der Waals surface area contributed by atoms with Crippen molar-refractivity contribution >= 4 is 29.3 Å². The summed E-state index contributed by atoms with van der Waals surface area (Å²) in [4.78, 5) is 37.8. The Morgan fingerprint density at radius 2 is 1.69 bits per heavy atom. The molecule has 0 atom stereocenters. The summed E-state index contributed by atoms with van der Waals surface area (Å²) >= 11 is 5.78. The fourth-order valence-corrected chi connectivity index (χ4v) is 2.89. The maximum atomic E-state index is 12.3. The van der Waals surface area contributed by atoms with Crippen LogP contribution in [0.2, 0.25) is 5.02 Å². The smallest absolute Gasteiger partial charge is 0.269 e. The summed E-state index contributed by atoms with van der Waals surface area (Å²) in [5.41, 5.74) is 6.42. The summed E-state index contributed by atoms with van der Waals surface area (Å²) in [6, 6.07) is 13.3. The fraction of sp³-hybridized carbons (Fsp3) is 0.211. The number of halogens is 1. The van der Waals surface area contributed by atoms with E-state index in [1.807, 2.05) is 6.07 Å². The van der Waals surface area contributed by atoms with E-state index in [2.05, 4.69) is 10.9 Å². The van der Waals surface area contributed by atoms with Gasteiger partial charge in [0.1, 0.15) is 0 Å². The second kappa shape index (κ2) is 8.01. The zero-order chi connectivity index (χ0) is 18.5. The first-order valence-corrected chi connectivity index (χ1v) is 8.64. The summed E-state index contributed by atoms with van der Waals surface area (Å²) in [5.74, 6) is -0.731. The van der Waals surface area contributed by atoms with Gasteiger partial charge in [-0.15, -0.1) is 0 Å². The van der Waals surface area contributed by atoms with Gasteiger partial charge in [-0.2, -0.15) is 0 Å². The Balaban J connectivity index is 1.59. The molecule has 3 amide bonds. The number of carbonyl (C=O) groups is 3. The van der Waals surface area contributed by atoms with E-state index in [1.165, 1.54) is 0 Å². The van der Waals surface area contributed by atoms with Gasteiger partial charge in [0.05, 0.1) is 0 Å². The number of amides is 3. The first-order valence-electron chi connectivity index (χ1n) is 8.26. The van der Waals surface area contributed by atoms with Crippen LogP contribution >= 0.6 is 11.6 Å². The molecule has 1 aliphatic rings. The van der Waals surface area contributed by atoms with Crippen LogP contribution in [0.3, 0.4) is 0 Å². The van der Waals surface area contributed by atoms with Gasteiger partial charge in [0, 0.05) is 35.7 Å². The number of hydrazine groups is 1. The Bertz CT molecular complexity index is 836. The molecular weight excluding hydrogens is 354 g/mol. The lowest BCUT2D eigenvalue weighted by atomic mass is 10.1. The van der Waals surface area contributed by atoms with E-state index in [1.54, 1.807) is 47.4 Å². The van der Waals surface area contributed by atoms with E-state index in [9.17, 15) is 14.4 Å². The predicted molar refractivity (Wildman–Crippen MR) is 97.5 cm³/mol. The standard InChI is InChI=1S/C19H18ClN3O3/c20-16-8-6-14(7-9-16)18(25)21-22-19(26)15-4-1-3-13(11-15)12-23-10-2-5-17(23)24/h1,3-4,6-9,11H,2,5,10,12H2,(H,21,25)(H,22,26). The molecule has 2 aromatic rings. The lowest BCUT2D eigenvalue weighted by Gasteiger charge is -2.16. The number of benzene rings is 2. The van der Waals surface area contributed by atoms with Gasteiger partial charge < -0.3 is 4.90 Å². The van der Waals surface area contributed by atoms with Crippen molar-refractivity contribution in [3.05, 3.63) is 70.2 Å². The van der Waals surface area contributed by atoms with Crippen LogP contribution in [0.5, 0.6) is 0 Å². The van der Waals surface area contributed by atoms with Crippen LogP contribution in [-0.2, 0) is 11.3 Å². The Morgan fingerprint density at radius 1 is 1.00 bits per heavy atom. The van der Waals surface area contributed by atoms with E-state index < -0.39 is 11.8 Å². The van der Waals surface area contributed by atoms with Gasteiger partial charge in [-0.3, -0.25) is 25.2 Å². The molecule has 6 nitrogen and oxygen atoms in total. The Morgan fingerprint density at radius 3 is 2.35 bits per heavy atom. The summed E-state index contributed by atoms with van der Waals surface area (Å²) in [6.07, 6.45) is 1.45.